The summed E-state index contributed by atoms with van der Waals surface area (Å²) >= 11 is 12.4. The molecule has 1 aliphatic carbocycles. The third-order valence-electron chi connectivity index (χ3n) is 6.66. The van der Waals surface area contributed by atoms with Gasteiger partial charge in [-0.15, -0.1) is 0 Å². The minimum atomic E-state index is -4.88. The first-order valence-electron chi connectivity index (χ1n) is 12.5. The van der Waals surface area contributed by atoms with Gasteiger partial charge in [0, 0.05) is 10.6 Å². The van der Waals surface area contributed by atoms with Crippen LogP contribution in [0.2, 0.25) is 10.0 Å². The largest absolute Gasteiger partial charge is 0.483 e. The van der Waals surface area contributed by atoms with Gasteiger partial charge >= 0.3 is 6.18 Å². The maximum Gasteiger partial charge on any atom is 0.416 e. The Hall–Kier alpha value is -3.67. The molecular weight excluding hydrogens is 601 g/mol. The van der Waals surface area contributed by atoms with Gasteiger partial charge in [0.1, 0.15) is 11.6 Å². The number of carbonyl (C=O) groups is 3. The normalized spacial score (nSPS) is 14.2. The van der Waals surface area contributed by atoms with Crippen molar-refractivity contribution in [3.63, 3.8) is 0 Å². The molecule has 3 aromatic carbocycles. The number of carbonyl (C=O) groups excluding carboxylic acids is 3. The van der Waals surface area contributed by atoms with E-state index in [0.717, 1.165) is 6.07 Å². The maximum absolute atomic E-state index is 13.9. The lowest BCUT2D eigenvalue weighted by atomic mass is 9.93. The number of ketones is 1. The molecule has 42 heavy (non-hydrogen) atoms. The van der Waals surface area contributed by atoms with Gasteiger partial charge in [0.2, 0.25) is 5.91 Å². The van der Waals surface area contributed by atoms with E-state index < -0.39 is 52.5 Å². The number of benzene rings is 3. The predicted octanol–water partition coefficient (Wildman–Crippen LogP) is 6.24. The minimum Gasteiger partial charge on any atom is -0.483 e. The molecule has 0 aliphatic heterocycles. The Morgan fingerprint density at radius 1 is 0.976 bits per heavy atom. The molecular formula is C29H25Cl2F4N3O4. The standard InChI is InChI=1S/C29H25Cl2F4N3O4/c1-27(2,38-26(41)28(36)7-8-28)16-3-5-22(21(31)12-16)37-24(39)14-42-23-6-4-18(30)13-20(23)25(40)15-9-17(29(33,34)35)11-19(32)10-15/h3-6,9-13H,7-8,14,36H2,1-2H3,(H,37,39)(H,38,41). The van der Waals surface area contributed by atoms with Crippen LogP contribution in [0.1, 0.15) is 53.7 Å². The number of alkyl halides is 3. The molecule has 1 fully saturated rings. The van der Waals surface area contributed by atoms with Gasteiger partial charge in [-0.3, -0.25) is 14.4 Å². The number of amides is 2. The molecule has 0 saturated heterocycles. The van der Waals surface area contributed by atoms with E-state index in [0.29, 0.717) is 30.5 Å². The number of hydrogen-bond donors (Lipinski definition) is 3. The second-order valence-electron chi connectivity index (χ2n) is 10.5. The highest BCUT2D eigenvalue weighted by atomic mass is 35.5. The molecule has 13 heteroatoms. The maximum atomic E-state index is 13.9. The molecule has 222 valence electrons. The molecule has 0 radical (unpaired) electrons. The first kappa shape index (κ1) is 31.3. The first-order valence-corrected chi connectivity index (χ1v) is 13.3. The van der Waals surface area contributed by atoms with E-state index in [1.807, 2.05) is 0 Å². The third-order valence-corrected chi connectivity index (χ3v) is 7.21. The van der Waals surface area contributed by atoms with Crippen LogP contribution in [0.5, 0.6) is 5.75 Å². The van der Waals surface area contributed by atoms with E-state index in [1.54, 1.807) is 26.0 Å². The molecule has 0 atom stereocenters. The Balaban J connectivity index is 1.46. The number of ether oxygens (including phenoxy) is 1. The van der Waals surface area contributed by atoms with Crippen LogP contribution in [0.3, 0.4) is 0 Å². The van der Waals surface area contributed by atoms with E-state index in [-0.39, 0.29) is 39.0 Å². The van der Waals surface area contributed by atoms with Gasteiger partial charge in [-0.1, -0.05) is 29.3 Å². The van der Waals surface area contributed by atoms with Crippen LogP contribution in [0.15, 0.2) is 54.6 Å². The lowest BCUT2D eigenvalue weighted by Crippen LogP contribution is -2.50. The van der Waals surface area contributed by atoms with E-state index in [1.165, 1.54) is 18.2 Å². The summed E-state index contributed by atoms with van der Waals surface area (Å²) in [5.41, 5.74) is 3.02. The van der Waals surface area contributed by atoms with E-state index in [2.05, 4.69) is 10.6 Å². The molecule has 7 nitrogen and oxygen atoms in total. The third kappa shape index (κ3) is 7.21. The fourth-order valence-electron chi connectivity index (χ4n) is 4.02. The number of nitrogens with one attached hydrogen (secondary N) is 2. The monoisotopic (exact) mass is 625 g/mol. The summed E-state index contributed by atoms with van der Waals surface area (Å²) < 4.78 is 58.8. The fourth-order valence-corrected chi connectivity index (χ4v) is 4.42. The van der Waals surface area contributed by atoms with Crippen LogP contribution in [0.4, 0.5) is 23.2 Å². The van der Waals surface area contributed by atoms with Gasteiger partial charge in [-0.2, -0.15) is 13.2 Å². The Morgan fingerprint density at radius 3 is 2.29 bits per heavy atom. The zero-order valence-electron chi connectivity index (χ0n) is 22.3. The number of nitrogens with two attached hydrogens (primary N) is 1. The molecule has 0 unspecified atom stereocenters. The lowest BCUT2D eigenvalue weighted by molar-refractivity contribution is -0.137. The van der Waals surface area contributed by atoms with Crippen LogP contribution in [-0.2, 0) is 21.3 Å². The Morgan fingerprint density at radius 2 is 1.67 bits per heavy atom. The van der Waals surface area contributed by atoms with Crippen molar-refractivity contribution < 1.29 is 36.7 Å². The van der Waals surface area contributed by atoms with Gasteiger partial charge in [-0.25, -0.2) is 4.39 Å². The second-order valence-corrected chi connectivity index (χ2v) is 11.3. The van der Waals surface area contributed by atoms with Gasteiger partial charge in [0.25, 0.3) is 5.91 Å². The van der Waals surface area contributed by atoms with Gasteiger partial charge < -0.3 is 21.1 Å². The highest BCUT2D eigenvalue weighted by Gasteiger charge is 2.47. The van der Waals surface area contributed by atoms with Crippen molar-refractivity contribution >= 4 is 46.5 Å². The van der Waals surface area contributed by atoms with Crippen molar-refractivity contribution in [3.8, 4) is 5.75 Å². The van der Waals surface area contributed by atoms with E-state index in [4.69, 9.17) is 33.7 Å². The Labute approximate surface area is 248 Å². The summed E-state index contributed by atoms with van der Waals surface area (Å²) in [5.74, 6) is -3.35. The second kappa shape index (κ2) is 11.5. The van der Waals surface area contributed by atoms with Crippen molar-refractivity contribution in [1.82, 2.24) is 5.32 Å². The van der Waals surface area contributed by atoms with E-state index >= 15 is 0 Å². The fraction of sp³-hybridized carbons (Fsp3) is 0.276. The average molecular weight is 626 g/mol. The van der Waals surface area contributed by atoms with Crippen LogP contribution >= 0.6 is 23.2 Å². The van der Waals surface area contributed by atoms with Crippen LogP contribution in [-0.4, -0.2) is 29.7 Å². The molecule has 2 amide bonds. The number of hydrogen-bond acceptors (Lipinski definition) is 5. The summed E-state index contributed by atoms with van der Waals surface area (Å²) in [6.45, 7) is 2.96. The Bertz CT molecular complexity index is 1570. The topological polar surface area (TPSA) is 111 Å². The molecule has 0 bridgehead atoms. The zero-order chi connectivity index (χ0) is 31.0. The number of halogens is 6. The van der Waals surface area contributed by atoms with Gasteiger partial charge in [0.05, 0.1) is 32.9 Å². The molecule has 4 N–H and O–H groups in total. The predicted molar refractivity (Wildman–Crippen MR) is 149 cm³/mol. The summed E-state index contributed by atoms with van der Waals surface area (Å²) in [5, 5.41) is 5.70. The number of anilines is 1. The smallest absolute Gasteiger partial charge is 0.416 e. The number of rotatable bonds is 9. The summed E-state index contributed by atoms with van der Waals surface area (Å²) in [6, 6.07) is 9.99. The van der Waals surface area contributed by atoms with Crippen molar-refractivity contribution in [2.24, 2.45) is 5.73 Å². The molecule has 0 heterocycles. The quantitative estimate of drug-likeness (QED) is 0.192. The highest BCUT2D eigenvalue weighted by molar-refractivity contribution is 6.33. The minimum absolute atomic E-state index is 0.0624. The van der Waals surface area contributed by atoms with Crippen LogP contribution < -0.4 is 21.1 Å². The summed E-state index contributed by atoms with van der Waals surface area (Å²) in [4.78, 5) is 38.1. The summed E-state index contributed by atoms with van der Waals surface area (Å²) in [6.07, 6.45) is -3.66. The molecule has 3 aromatic rings. The van der Waals surface area contributed by atoms with Gasteiger partial charge in [-0.05, 0) is 80.8 Å². The van der Waals surface area contributed by atoms with Crippen LogP contribution in [0, 0.1) is 5.82 Å². The SMILES string of the molecule is CC(C)(NC(=O)C1(N)CC1)c1ccc(NC(=O)COc2ccc(Cl)cc2C(=O)c2cc(F)cc(C(F)(F)F)c2)c(Cl)c1. The van der Waals surface area contributed by atoms with Gasteiger partial charge in [0.15, 0.2) is 12.4 Å². The molecule has 0 spiro atoms. The lowest BCUT2D eigenvalue weighted by Gasteiger charge is -2.29. The Kier molecular flexibility index (Phi) is 8.59. The van der Waals surface area contributed by atoms with Crippen molar-refractivity contribution in [2.75, 3.05) is 11.9 Å². The zero-order valence-corrected chi connectivity index (χ0v) is 23.8. The molecule has 1 aliphatic rings. The molecule has 0 aromatic heterocycles. The van der Waals surface area contributed by atoms with E-state index in [9.17, 15) is 31.9 Å². The molecule has 4 rings (SSSR count). The van der Waals surface area contributed by atoms with Crippen LogP contribution in [0.25, 0.3) is 0 Å². The first-order chi connectivity index (χ1) is 19.5. The van der Waals surface area contributed by atoms with Crippen molar-refractivity contribution in [3.05, 3.63) is 92.7 Å². The average Bonchev–Trinajstić information content (AvgIpc) is 3.66. The highest BCUT2D eigenvalue weighted by Crippen LogP contribution is 2.35. The summed E-state index contributed by atoms with van der Waals surface area (Å²) in [7, 11) is 0. The van der Waals surface area contributed by atoms with Crippen molar-refractivity contribution in [2.45, 2.75) is 43.9 Å². The van der Waals surface area contributed by atoms with Crippen molar-refractivity contribution in [1.29, 1.82) is 0 Å². The molecule has 1 saturated carbocycles.